The van der Waals surface area contributed by atoms with Crippen LogP contribution in [0.2, 0.25) is 5.02 Å². The minimum Gasteiger partial charge on any atom is -0.493 e. The molecule has 156 valence electrons. The molecule has 7 nitrogen and oxygen atoms in total. The molecule has 3 rings (SSSR count). The van der Waals surface area contributed by atoms with E-state index in [2.05, 4.69) is 20.8 Å². The first-order valence-corrected chi connectivity index (χ1v) is 10.6. The van der Waals surface area contributed by atoms with Crippen LogP contribution in [0.4, 0.5) is 0 Å². The fourth-order valence-electron chi connectivity index (χ4n) is 2.61. The zero-order chi connectivity index (χ0) is 21.3. The summed E-state index contributed by atoms with van der Waals surface area (Å²) < 4.78 is 5.65. The highest BCUT2D eigenvalue weighted by Crippen LogP contribution is 2.23. The van der Waals surface area contributed by atoms with E-state index in [1.165, 1.54) is 11.3 Å². The number of halogens is 1. The fraction of sp³-hybridized carbons (Fsp3) is 0.238. The van der Waals surface area contributed by atoms with E-state index < -0.39 is 0 Å². The SMILES string of the molecule is Cc1cc(Cl)ccc1OCCCC(=O)NNC(=O)Cc1csc(-c2cccnc2)n1. The average molecular weight is 445 g/mol. The number of hydrogen-bond donors (Lipinski definition) is 2. The van der Waals surface area contributed by atoms with Gasteiger partial charge in [-0.2, -0.15) is 0 Å². The molecule has 0 bridgehead atoms. The molecule has 0 fully saturated rings. The second kappa shape index (κ2) is 10.7. The molecule has 0 unspecified atom stereocenters. The highest BCUT2D eigenvalue weighted by atomic mass is 35.5. The maximum Gasteiger partial charge on any atom is 0.244 e. The number of thiazole rings is 1. The molecule has 9 heteroatoms. The molecule has 2 aromatic heterocycles. The lowest BCUT2D eigenvalue weighted by Crippen LogP contribution is -2.42. The van der Waals surface area contributed by atoms with Gasteiger partial charge in [-0.3, -0.25) is 25.4 Å². The minimum atomic E-state index is -0.334. The number of nitrogens with zero attached hydrogens (tertiary/aromatic N) is 2. The lowest BCUT2D eigenvalue weighted by Gasteiger charge is -2.10. The predicted octanol–water partition coefficient (Wildman–Crippen LogP) is 3.72. The van der Waals surface area contributed by atoms with E-state index in [0.717, 1.165) is 21.9 Å². The lowest BCUT2D eigenvalue weighted by atomic mass is 10.2. The van der Waals surface area contributed by atoms with Crippen molar-refractivity contribution in [2.75, 3.05) is 6.61 Å². The molecule has 30 heavy (non-hydrogen) atoms. The Labute approximate surface area is 183 Å². The fourth-order valence-corrected chi connectivity index (χ4v) is 3.65. The lowest BCUT2D eigenvalue weighted by molar-refractivity contribution is -0.128. The number of pyridine rings is 1. The van der Waals surface area contributed by atoms with Crippen molar-refractivity contribution in [3.8, 4) is 16.3 Å². The van der Waals surface area contributed by atoms with E-state index in [-0.39, 0.29) is 24.7 Å². The van der Waals surface area contributed by atoms with Gasteiger partial charge in [0, 0.05) is 34.8 Å². The second-order valence-electron chi connectivity index (χ2n) is 6.52. The molecule has 0 spiro atoms. The largest absolute Gasteiger partial charge is 0.493 e. The molecule has 0 atom stereocenters. The Morgan fingerprint density at radius 1 is 1.20 bits per heavy atom. The first-order chi connectivity index (χ1) is 14.5. The summed E-state index contributed by atoms with van der Waals surface area (Å²) >= 11 is 7.35. The molecule has 0 saturated heterocycles. The molecule has 2 heterocycles. The first kappa shape index (κ1) is 21.7. The van der Waals surface area contributed by atoms with Gasteiger partial charge in [0.05, 0.1) is 18.7 Å². The van der Waals surface area contributed by atoms with Crippen LogP contribution in [-0.4, -0.2) is 28.4 Å². The Kier molecular flexibility index (Phi) is 7.75. The van der Waals surface area contributed by atoms with Gasteiger partial charge in [0.15, 0.2) is 0 Å². The molecule has 1 aromatic carbocycles. The quantitative estimate of drug-likeness (QED) is 0.408. The van der Waals surface area contributed by atoms with Crippen molar-refractivity contribution in [1.82, 2.24) is 20.8 Å². The van der Waals surface area contributed by atoms with E-state index in [1.54, 1.807) is 24.5 Å². The van der Waals surface area contributed by atoms with Crippen LogP contribution in [0.25, 0.3) is 10.6 Å². The van der Waals surface area contributed by atoms with Crippen LogP contribution < -0.4 is 15.6 Å². The minimum absolute atomic E-state index is 0.0794. The zero-order valence-electron chi connectivity index (χ0n) is 16.4. The van der Waals surface area contributed by atoms with Crippen molar-refractivity contribution >= 4 is 34.8 Å². The molecule has 0 saturated carbocycles. The van der Waals surface area contributed by atoms with Crippen molar-refractivity contribution in [1.29, 1.82) is 0 Å². The molecule has 2 N–H and O–H groups in total. The van der Waals surface area contributed by atoms with Gasteiger partial charge in [-0.15, -0.1) is 11.3 Å². The van der Waals surface area contributed by atoms with E-state index in [9.17, 15) is 9.59 Å². The number of hydrogen-bond acceptors (Lipinski definition) is 6. The number of aryl methyl sites for hydroxylation is 1. The van der Waals surface area contributed by atoms with Gasteiger partial charge in [-0.25, -0.2) is 4.98 Å². The number of aromatic nitrogens is 2. The van der Waals surface area contributed by atoms with Crippen molar-refractivity contribution < 1.29 is 14.3 Å². The number of ether oxygens (including phenoxy) is 1. The molecule has 0 radical (unpaired) electrons. The summed E-state index contributed by atoms with van der Waals surface area (Å²) in [6.07, 6.45) is 4.25. The van der Waals surface area contributed by atoms with E-state index in [4.69, 9.17) is 16.3 Å². The number of carbonyl (C=O) groups excluding carboxylic acids is 2. The van der Waals surface area contributed by atoms with Gasteiger partial charge in [0.25, 0.3) is 0 Å². The molecular weight excluding hydrogens is 424 g/mol. The van der Waals surface area contributed by atoms with Crippen molar-refractivity contribution in [2.24, 2.45) is 0 Å². The number of hydrazine groups is 1. The van der Waals surface area contributed by atoms with Gasteiger partial charge < -0.3 is 4.74 Å². The molecule has 0 aliphatic heterocycles. The van der Waals surface area contributed by atoms with Gasteiger partial charge in [-0.05, 0) is 49.2 Å². The van der Waals surface area contributed by atoms with Crippen molar-refractivity contribution in [2.45, 2.75) is 26.2 Å². The number of nitrogens with one attached hydrogen (secondary N) is 2. The molecular formula is C21H21ClN4O3S. The summed E-state index contributed by atoms with van der Waals surface area (Å²) in [5.41, 5.74) is 7.30. The summed E-state index contributed by atoms with van der Waals surface area (Å²) in [6, 6.07) is 9.12. The summed E-state index contributed by atoms with van der Waals surface area (Å²) in [6.45, 7) is 2.30. The van der Waals surface area contributed by atoms with Crippen LogP contribution in [0.3, 0.4) is 0 Å². The Morgan fingerprint density at radius 3 is 2.80 bits per heavy atom. The van der Waals surface area contributed by atoms with Crippen LogP contribution in [0.1, 0.15) is 24.1 Å². The molecule has 2 amide bonds. The van der Waals surface area contributed by atoms with Crippen LogP contribution >= 0.6 is 22.9 Å². The number of rotatable bonds is 8. The first-order valence-electron chi connectivity index (χ1n) is 9.32. The number of benzene rings is 1. The van der Waals surface area contributed by atoms with Crippen LogP contribution in [0.15, 0.2) is 48.1 Å². The van der Waals surface area contributed by atoms with Gasteiger partial charge >= 0.3 is 0 Å². The Morgan fingerprint density at radius 2 is 2.03 bits per heavy atom. The van der Waals surface area contributed by atoms with Crippen molar-refractivity contribution in [3.05, 3.63) is 64.4 Å². The summed E-state index contributed by atoms with van der Waals surface area (Å²) in [4.78, 5) is 32.4. The molecule has 0 aliphatic rings. The van der Waals surface area contributed by atoms with Crippen LogP contribution in [0, 0.1) is 6.92 Å². The third kappa shape index (κ3) is 6.53. The third-order valence-corrected chi connectivity index (χ3v) is 5.26. The second-order valence-corrected chi connectivity index (χ2v) is 7.82. The third-order valence-electron chi connectivity index (χ3n) is 4.09. The Bertz CT molecular complexity index is 1010. The maximum absolute atomic E-state index is 12.0. The van der Waals surface area contributed by atoms with Gasteiger partial charge in [0.1, 0.15) is 10.8 Å². The smallest absolute Gasteiger partial charge is 0.244 e. The topological polar surface area (TPSA) is 93.2 Å². The normalized spacial score (nSPS) is 10.5. The van der Waals surface area contributed by atoms with Crippen molar-refractivity contribution in [3.63, 3.8) is 0 Å². The Hall–Kier alpha value is -2.97. The van der Waals surface area contributed by atoms with Gasteiger partial charge in [-0.1, -0.05) is 11.6 Å². The summed E-state index contributed by atoms with van der Waals surface area (Å²) in [5.74, 6) is 0.121. The van der Waals surface area contributed by atoms with E-state index in [0.29, 0.717) is 23.7 Å². The van der Waals surface area contributed by atoms with E-state index >= 15 is 0 Å². The average Bonchev–Trinajstić information content (AvgIpc) is 3.20. The Balaban J connectivity index is 1.34. The molecule has 3 aromatic rings. The monoisotopic (exact) mass is 444 g/mol. The number of carbonyl (C=O) groups is 2. The standard InChI is InChI=1S/C21H21ClN4O3S/c1-14-10-16(22)6-7-18(14)29-9-3-5-19(27)25-26-20(28)11-17-13-30-21(24-17)15-4-2-8-23-12-15/h2,4,6-8,10,12-13H,3,5,9,11H2,1H3,(H,25,27)(H,26,28). The van der Waals surface area contributed by atoms with Crippen LogP contribution in [-0.2, 0) is 16.0 Å². The highest BCUT2D eigenvalue weighted by molar-refractivity contribution is 7.13. The predicted molar refractivity (Wildman–Crippen MR) is 116 cm³/mol. The van der Waals surface area contributed by atoms with Crippen LogP contribution in [0.5, 0.6) is 5.75 Å². The summed E-state index contributed by atoms with van der Waals surface area (Å²) in [7, 11) is 0. The number of amides is 2. The molecule has 0 aliphatic carbocycles. The van der Waals surface area contributed by atoms with E-state index in [1.807, 2.05) is 30.5 Å². The highest BCUT2D eigenvalue weighted by Gasteiger charge is 2.10. The maximum atomic E-state index is 12.0. The summed E-state index contributed by atoms with van der Waals surface area (Å²) in [5, 5.41) is 3.27. The van der Waals surface area contributed by atoms with Gasteiger partial charge in [0.2, 0.25) is 11.8 Å². The zero-order valence-corrected chi connectivity index (χ0v) is 17.9.